The van der Waals surface area contributed by atoms with Crippen molar-refractivity contribution in [2.45, 2.75) is 6.18 Å². The second-order valence-corrected chi connectivity index (χ2v) is 3.94. The van der Waals surface area contributed by atoms with E-state index in [-0.39, 0.29) is 0 Å². The summed E-state index contributed by atoms with van der Waals surface area (Å²) >= 11 is 0. The summed E-state index contributed by atoms with van der Waals surface area (Å²) in [6.45, 7) is 3.65. The Morgan fingerprint density at radius 2 is 1.53 bits per heavy atom. The lowest BCUT2D eigenvalue weighted by Gasteiger charge is -2.21. The van der Waals surface area contributed by atoms with Crippen LogP contribution in [0.1, 0.15) is 5.56 Å². The Bertz CT molecular complexity index is 561. The van der Waals surface area contributed by atoms with Crippen LogP contribution >= 0.6 is 0 Å². The minimum Gasteiger partial charge on any atom is -0.318 e. The van der Waals surface area contributed by atoms with Gasteiger partial charge >= 0.3 is 6.18 Å². The number of alkyl halides is 3. The Balaban J connectivity index is 2.43. The Labute approximate surface area is 109 Å². The molecule has 0 atom stereocenters. The van der Waals surface area contributed by atoms with E-state index in [0.717, 1.165) is 17.8 Å². The number of halogens is 3. The molecule has 2 rings (SSSR count). The standard InChI is InChI=1S/C15H12F3N/c1-2-19(13-8-4-3-5-9-13)14-10-6-7-12(11-14)15(16,17)18/h2-11H,1H2. The lowest BCUT2D eigenvalue weighted by atomic mass is 10.1. The third kappa shape index (κ3) is 2.96. The molecule has 0 aliphatic rings. The molecule has 0 saturated heterocycles. The number of para-hydroxylation sites is 1. The number of nitrogens with zero attached hydrogens (tertiary/aromatic N) is 1. The molecular weight excluding hydrogens is 251 g/mol. The maximum Gasteiger partial charge on any atom is 0.416 e. The van der Waals surface area contributed by atoms with Crippen LogP contribution in [-0.4, -0.2) is 0 Å². The summed E-state index contributed by atoms with van der Waals surface area (Å²) in [6, 6.07) is 14.3. The SMILES string of the molecule is C=CN(c1ccccc1)c1cccc(C(F)(F)F)c1. The van der Waals surface area contributed by atoms with Gasteiger partial charge in [-0.25, -0.2) is 0 Å². The molecule has 2 aromatic carbocycles. The Kier molecular flexibility index (Phi) is 3.60. The first kappa shape index (κ1) is 13.2. The third-order valence-corrected chi connectivity index (χ3v) is 2.67. The zero-order valence-corrected chi connectivity index (χ0v) is 10.1. The van der Waals surface area contributed by atoms with E-state index in [4.69, 9.17) is 0 Å². The number of anilines is 2. The van der Waals surface area contributed by atoms with Gasteiger partial charge in [-0.15, -0.1) is 0 Å². The van der Waals surface area contributed by atoms with Gasteiger partial charge < -0.3 is 4.90 Å². The van der Waals surface area contributed by atoms with Crippen LogP contribution in [0.3, 0.4) is 0 Å². The highest BCUT2D eigenvalue weighted by molar-refractivity contribution is 5.66. The number of benzene rings is 2. The zero-order valence-electron chi connectivity index (χ0n) is 10.1. The van der Waals surface area contributed by atoms with E-state index in [1.165, 1.54) is 12.3 Å². The van der Waals surface area contributed by atoms with Crippen molar-refractivity contribution < 1.29 is 13.2 Å². The molecule has 1 nitrogen and oxygen atoms in total. The first-order chi connectivity index (χ1) is 9.02. The van der Waals surface area contributed by atoms with Crippen molar-refractivity contribution in [3.8, 4) is 0 Å². The molecule has 0 bridgehead atoms. The molecule has 0 fully saturated rings. The third-order valence-electron chi connectivity index (χ3n) is 2.67. The van der Waals surface area contributed by atoms with Gasteiger partial charge in [-0.05, 0) is 30.3 Å². The molecule has 2 aromatic rings. The van der Waals surface area contributed by atoms with Crippen LogP contribution in [0.25, 0.3) is 0 Å². The van der Waals surface area contributed by atoms with E-state index in [1.807, 2.05) is 30.3 Å². The molecule has 0 aliphatic heterocycles. The van der Waals surface area contributed by atoms with E-state index in [9.17, 15) is 13.2 Å². The van der Waals surface area contributed by atoms with Gasteiger partial charge in [0.25, 0.3) is 0 Å². The molecule has 0 aliphatic carbocycles. The van der Waals surface area contributed by atoms with E-state index >= 15 is 0 Å². The second-order valence-electron chi connectivity index (χ2n) is 3.94. The molecule has 0 unspecified atom stereocenters. The van der Waals surface area contributed by atoms with Crippen LogP contribution in [0.15, 0.2) is 67.4 Å². The van der Waals surface area contributed by atoms with Gasteiger partial charge in [0.1, 0.15) is 0 Å². The van der Waals surface area contributed by atoms with Crippen LogP contribution in [0.4, 0.5) is 24.5 Å². The summed E-state index contributed by atoms with van der Waals surface area (Å²) in [6.07, 6.45) is -2.86. The van der Waals surface area contributed by atoms with Crippen molar-refractivity contribution in [1.82, 2.24) is 0 Å². The molecule has 4 heteroatoms. The highest BCUT2D eigenvalue weighted by atomic mass is 19.4. The Morgan fingerprint density at radius 1 is 0.895 bits per heavy atom. The quantitative estimate of drug-likeness (QED) is 0.754. The number of hydrogen-bond acceptors (Lipinski definition) is 1. The molecule has 0 saturated carbocycles. The maximum absolute atomic E-state index is 12.7. The van der Waals surface area contributed by atoms with Gasteiger partial charge in [0.15, 0.2) is 0 Å². The van der Waals surface area contributed by atoms with E-state index in [0.29, 0.717) is 5.69 Å². The number of rotatable bonds is 3. The van der Waals surface area contributed by atoms with Crippen LogP contribution < -0.4 is 4.90 Å². The molecule has 0 heterocycles. The fourth-order valence-corrected chi connectivity index (χ4v) is 1.78. The number of hydrogen-bond donors (Lipinski definition) is 0. The fourth-order valence-electron chi connectivity index (χ4n) is 1.78. The topological polar surface area (TPSA) is 3.24 Å². The van der Waals surface area contributed by atoms with Crippen LogP contribution in [0.2, 0.25) is 0 Å². The monoisotopic (exact) mass is 263 g/mol. The normalized spacial score (nSPS) is 11.1. The van der Waals surface area contributed by atoms with Crippen molar-refractivity contribution >= 4 is 11.4 Å². The van der Waals surface area contributed by atoms with E-state index in [2.05, 4.69) is 6.58 Å². The van der Waals surface area contributed by atoms with E-state index in [1.54, 1.807) is 11.0 Å². The summed E-state index contributed by atoms with van der Waals surface area (Å²) in [5.74, 6) is 0. The predicted octanol–water partition coefficient (Wildman–Crippen LogP) is 4.99. The summed E-state index contributed by atoms with van der Waals surface area (Å²) in [5, 5.41) is 0. The van der Waals surface area contributed by atoms with Gasteiger partial charge in [0, 0.05) is 17.6 Å². The highest BCUT2D eigenvalue weighted by Gasteiger charge is 2.30. The first-order valence-electron chi connectivity index (χ1n) is 5.66. The van der Waals surface area contributed by atoms with Crippen molar-refractivity contribution in [1.29, 1.82) is 0 Å². The summed E-state index contributed by atoms with van der Waals surface area (Å²) in [5.41, 5.74) is 0.514. The molecule has 0 radical (unpaired) electrons. The lowest BCUT2D eigenvalue weighted by Crippen LogP contribution is -2.10. The second kappa shape index (κ2) is 5.18. The molecule has 0 amide bonds. The Hall–Kier alpha value is -2.23. The van der Waals surface area contributed by atoms with Crippen LogP contribution in [0.5, 0.6) is 0 Å². The van der Waals surface area contributed by atoms with Gasteiger partial charge in [-0.3, -0.25) is 0 Å². The van der Waals surface area contributed by atoms with Gasteiger partial charge in [-0.2, -0.15) is 13.2 Å². The van der Waals surface area contributed by atoms with Crippen molar-refractivity contribution in [2.75, 3.05) is 4.90 Å². The molecular formula is C15H12F3N. The van der Waals surface area contributed by atoms with Crippen molar-refractivity contribution in [2.24, 2.45) is 0 Å². The van der Waals surface area contributed by atoms with Gasteiger partial charge in [-0.1, -0.05) is 30.8 Å². The van der Waals surface area contributed by atoms with Crippen molar-refractivity contribution in [3.05, 3.63) is 72.9 Å². The molecule has 0 aromatic heterocycles. The summed E-state index contributed by atoms with van der Waals surface area (Å²) in [4.78, 5) is 1.61. The predicted molar refractivity (Wildman–Crippen MR) is 70.2 cm³/mol. The molecule has 19 heavy (non-hydrogen) atoms. The summed E-state index contributed by atoms with van der Waals surface area (Å²) < 4.78 is 38.1. The maximum atomic E-state index is 12.7. The minimum absolute atomic E-state index is 0.427. The largest absolute Gasteiger partial charge is 0.416 e. The summed E-state index contributed by atoms with van der Waals surface area (Å²) in [7, 11) is 0. The average molecular weight is 263 g/mol. The fraction of sp³-hybridized carbons (Fsp3) is 0.0667. The zero-order chi connectivity index (χ0) is 13.9. The molecule has 98 valence electrons. The highest BCUT2D eigenvalue weighted by Crippen LogP contribution is 2.33. The lowest BCUT2D eigenvalue weighted by molar-refractivity contribution is -0.137. The smallest absolute Gasteiger partial charge is 0.318 e. The molecule has 0 N–H and O–H groups in total. The van der Waals surface area contributed by atoms with Crippen LogP contribution in [-0.2, 0) is 6.18 Å². The molecule has 0 spiro atoms. The van der Waals surface area contributed by atoms with Gasteiger partial charge in [0.2, 0.25) is 0 Å². The average Bonchev–Trinajstić information content (AvgIpc) is 2.40. The van der Waals surface area contributed by atoms with Gasteiger partial charge in [0.05, 0.1) is 5.56 Å². The first-order valence-corrected chi connectivity index (χ1v) is 5.66. The van der Waals surface area contributed by atoms with Crippen LogP contribution in [0, 0.1) is 0 Å². The minimum atomic E-state index is -4.35. The van der Waals surface area contributed by atoms with E-state index < -0.39 is 11.7 Å². The Morgan fingerprint density at radius 3 is 2.11 bits per heavy atom. The van der Waals surface area contributed by atoms with Crippen molar-refractivity contribution in [3.63, 3.8) is 0 Å².